The fraction of sp³-hybridized carbons (Fsp3) is 0.778. The highest BCUT2D eigenvalue weighted by atomic mass is 19.3. The number of amides is 2. The van der Waals surface area contributed by atoms with Crippen molar-refractivity contribution in [3.05, 3.63) is 0 Å². The van der Waals surface area contributed by atoms with Gasteiger partial charge < -0.3 is 9.64 Å². The van der Waals surface area contributed by atoms with E-state index in [0.29, 0.717) is 0 Å². The Balaban J connectivity index is 2.86. The average molecular weight is 236 g/mol. The second-order valence-electron chi connectivity index (χ2n) is 3.71. The van der Waals surface area contributed by atoms with E-state index in [1.54, 1.807) is 0 Å². The van der Waals surface area contributed by atoms with Gasteiger partial charge in [0.2, 0.25) is 6.23 Å². The number of ether oxygens (including phenoxy) is 1. The largest absolute Gasteiger partial charge is 0.435 e. The van der Waals surface area contributed by atoms with Gasteiger partial charge in [-0.2, -0.15) is 8.78 Å². The van der Waals surface area contributed by atoms with E-state index in [-0.39, 0.29) is 6.42 Å². The third-order valence-corrected chi connectivity index (χ3v) is 2.32. The minimum absolute atomic E-state index is 0.00947. The van der Waals surface area contributed by atoms with Crippen molar-refractivity contribution in [2.75, 3.05) is 20.6 Å². The molecule has 0 radical (unpaired) electrons. The predicted molar refractivity (Wildman–Crippen MR) is 50.9 cm³/mol. The van der Waals surface area contributed by atoms with E-state index < -0.39 is 30.7 Å². The van der Waals surface area contributed by atoms with Gasteiger partial charge in [-0.15, -0.1) is 0 Å². The molecular formula is C9H14F2N2O3. The Bertz CT molecular complexity index is 309. The Labute approximate surface area is 91.9 Å². The molecule has 0 N–H and O–H groups in total. The fourth-order valence-electron chi connectivity index (χ4n) is 1.49. The predicted octanol–water partition coefficient (Wildman–Crippen LogP) is 0.898. The highest BCUT2D eigenvalue weighted by molar-refractivity contribution is 5.76. The number of urea groups is 1. The highest BCUT2D eigenvalue weighted by Gasteiger charge is 2.52. The summed E-state index contributed by atoms with van der Waals surface area (Å²) in [6.07, 6.45) is -1.83. The average Bonchev–Trinajstić information content (AvgIpc) is 2.20. The van der Waals surface area contributed by atoms with Crippen LogP contribution in [0.25, 0.3) is 0 Å². The van der Waals surface area contributed by atoms with E-state index in [1.165, 1.54) is 21.0 Å². The molecule has 1 atom stereocenters. The molecule has 2 amide bonds. The molecule has 0 saturated carbocycles. The van der Waals surface area contributed by atoms with Crippen LogP contribution in [0.5, 0.6) is 0 Å². The molecule has 0 bridgehead atoms. The molecule has 0 aromatic rings. The van der Waals surface area contributed by atoms with Gasteiger partial charge in [-0.1, -0.05) is 6.92 Å². The van der Waals surface area contributed by atoms with Gasteiger partial charge in [0, 0.05) is 20.5 Å². The molecule has 1 saturated heterocycles. The van der Waals surface area contributed by atoms with Crippen molar-refractivity contribution in [2.45, 2.75) is 25.5 Å². The molecule has 7 heteroatoms. The molecule has 1 unspecified atom stereocenters. The molecule has 1 heterocycles. The first-order valence-electron chi connectivity index (χ1n) is 4.84. The molecular weight excluding hydrogens is 222 g/mol. The molecule has 0 aromatic heterocycles. The number of hydrogen-bond donors (Lipinski definition) is 0. The first kappa shape index (κ1) is 12.7. The van der Waals surface area contributed by atoms with E-state index in [1.807, 2.05) is 0 Å². The monoisotopic (exact) mass is 236 g/mol. The Morgan fingerprint density at radius 2 is 2.12 bits per heavy atom. The number of esters is 1. The van der Waals surface area contributed by atoms with E-state index in [9.17, 15) is 18.4 Å². The number of rotatable bonds is 2. The van der Waals surface area contributed by atoms with Crippen molar-refractivity contribution in [1.82, 2.24) is 9.80 Å². The summed E-state index contributed by atoms with van der Waals surface area (Å²) in [7, 11) is 2.45. The zero-order valence-electron chi connectivity index (χ0n) is 9.37. The number of halogens is 2. The molecule has 1 rings (SSSR count). The molecule has 16 heavy (non-hydrogen) atoms. The Morgan fingerprint density at radius 3 is 2.62 bits per heavy atom. The third kappa shape index (κ3) is 2.23. The van der Waals surface area contributed by atoms with Crippen LogP contribution in [0.1, 0.15) is 13.3 Å². The summed E-state index contributed by atoms with van der Waals surface area (Å²) in [6, 6.07) is -0.597. The van der Waals surface area contributed by atoms with Crippen molar-refractivity contribution in [1.29, 1.82) is 0 Å². The second kappa shape index (κ2) is 4.23. The summed E-state index contributed by atoms with van der Waals surface area (Å²) in [6.45, 7) is 0.745. The smallest absolute Gasteiger partial charge is 0.322 e. The number of alkyl halides is 2. The van der Waals surface area contributed by atoms with Gasteiger partial charge in [-0.05, 0) is 0 Å². The molecule has 0 spiro atoms. The van der Waals surface area contributed by atoms with Gasteiger partial charge in [-0.3, -0.25) is 9.69 Å². The quantitative estimate of drug-likeness (QED) is 0.669. The van der Waals surface area contributed by atoms with Gasteiger partial charge >= 0.3 is 17.9 Å². The standard InChI is InChI=1S/C9H14F2N2O3/c1-4-6(14)16-7-9(10,11)5-12(2)8(15)13(7)3/h7H,4-5H2,1-3H3. The molecule has 1 aliphatic heterocycles. The molecule has 0 aliphatic carbocycles. The zero-order chi connectivity index (χ0) is 12.5. The van der Waals surface area contributed by atoms with Crippen LogP contribution in [0.15, 0.2) is 0 Å². The van der Waals surface area contributed by atoms with Crippen LogP contribution in [-0.2, 0) is 9.53 Å². The summed E-state index contributed by atoms with van der Waals surface area (Å²) in [4.78, 5) is 24.0. The summed E-state index contributed by atoms with van der Waals surface area (Å²) < 4.78 is 31.6. The van der Waals surface area contributed by atoms with Crippen LogP contribution in [0.3, 0.4) is 0 Å². The summed E-state index contributed by atoms with van der Waals surface area (Å²) >= 11 is 0. The van der Waals surface area contributed by atoms with Gasteiger partial charge in [-0.25, -0.2) is 4.79 Å². The van der Waals surface area contributed by atoms with E-state index in [2.05, 4.69) is 4.74 Å². The fourth-order valence-corrected chi connectivity index (χ4v) is 1.49. The van der Waals surface area contributed by atoms with Crippen molar-refractivity contribution in [2.24, 2.45) is 0 Å². The number of carbonyl (C=O) groups is 2. The van der Waals surface area contributed by atoms with Crippen molar-refractivity contribution in [3.8, 4) is 0 Å². The lowest BCUT2D eigenvalue weighted by molar-refractivity contribution is -0.210. The zero-order valence-corrected chi connectivity index (χ0v) is 9.37. The number of carbonyl (C=O) groups excluding carboxylic acids is 2. The summed E-state index contributed by atoms with van der Waals surface area (Å²) in [5, 5.41) is 0. The van der Waals surface area contributed by atoms with Crippen molar-refractivity contribution in [3.63, 3.8) is 0 Å². The van der Waals surface area contributed by atoms with E-state index in [0.717, 1.165) is 9.80 Å². The first-order chi connectivity index (χ1) is 7.29. The molecule has 92 valence electrons. The minimum atomic E-state index is -3.26. The minimum Gasteiger partial charge on any atom is -0.435 e. The van der Waals surface area contributed by atoms with Crippen molar-refractivity contribution >= 4 is 12.0 Å². The topological polar surface area (TPSA) is 49.9 Å². The first-order valence-corrected chi connectivity index (χ1v) is 4.84. The summed E-state index contributed by atoms with van der Waals surface area (Å²) in [5.74, 6) is -4.02. The SMILES string of the molecule is CCC(=O)OC1N(C)C(=O)N(C)CC1(F)F. The molecule has 1 fully saturated rings. The van der Waals surface area contributed by atoms with Crippen LogP contribution in [-0.4, -0.2) is 54.6 Å². The Hall–Kier alpha value is -1.40. The van der Waals surface area contributed by atoms with E-state index in [4.69, 9.17) is 0 Å². The maximum atomic E-state index is 13.5. The molecule has 1 aliphatic rings. The lowest BCUT2D eigenvalue weighted by Gasteiger charge is -2.41. The highest BCUT2D eigenvalue weighted by Crippen LogP contribution is 2.29. The van der Waals surface area contributed by atoms with Gasteiger partial charge in [0.1, 0.15) is 0 Å². The van der Waals surface area contributed by atoms with Crippen LogP contribution < -0.4 is 0 Å². The van der Waals surface area contributed by atoms with Gasteiger partial charge in [0.25, 0.3) is 0 Å². The maximum absolute atomic E-state index is 13.5. The lowest BCUT2D eigenvalue weighted by atomic mass is 10.2. The van der Waals surface area contributed by atoms with Crippen LogP contribution in [0.4, 0.5) is 13.6 Å². The number of nitrogens with zero attached hydrogens (tertiary/aromatic N) is 2. The maximum Gasteiger partial charge on any atom is 0.322 e. The van der Waals surface area contributed by atoms with Crippen LogP contribution in [0, 0.1) is 0 Å². The van der Waals surface area contributed by atoms with Crippen LogP contribution >= 0.6 is 0 Å². The Kier molecular flexibility index (Phi) is 3.35. The third-order valence-electron chi connectivity index (χ3n) is 2.32. The normalized spacial score (nSPS) is 24.6. The van der Waals surface area contributed by atoms with E-state index >= 15 is 0 Å². The van der Waals surface area contributed by atoms with Gasteiger partial charge in [0.05, 0.1) is 6.54 Å². The van der Waals surface area contributed by atoms with Crippen LogP contribution in [0.2, 0.25) is 0 Å². The molecule has 5 nitrogen and oxygen atoms in total. The molecule has 0 aromatic carbocycles. The van der Waals surface area contributed by atoms with Gasteiger partial charge in [0.15, 0.2) is 0 Å². The number of hydrogen-bond acceptors (Lipinski definition) is 3. The lowest BCUT2D eigenvalue weighted by Crippen LogP contribution is -2.63. The van der Waals surface area contributed by atoms with Crippen molar-refractivity contribution < 1.29 is 23.1 Å². The second-order valence-corrected chi connectivity index (χ2v) is 3.71. The Morgan fingerprint density at radius 1 is 1.56 bits per heavy atom. The summed E-state index contributed by atoms with van der Waals surface area (Å²) in [5.41, 5.74) is 0.